The van der Waals surface area contributed by atoms with Gasteiger partial charge in [-0.1, -0.05) is 0 Å². The Morgan fingerprint density at radius 3 is 3.00 bits per heavy atom. The van der Waals surface area contributed by atoms with Gasteiger partial charge in [0, 0.05) is 6.07 Å². The van der Waals surface area contributed by atoms with Crippen LogP contribution in [0.5, 0.6) is 17.2 Å². The summed E-state index contributed by atoms with van der Waals surface area (Å²) in [5, 5.41) is 3.13. The Morgan fingerprint density at radius 1 is 1.35 bits per heavy atom. The van der Waals surface area contributed by atoms with Crippen LogP contribution in [-0.2, 0) is 0 Å². The fourth-order valence-electron chi connectivity index (χ4n) is 1.81. The molecule has 2 rings (SSSR count). The van der Waals surface area contributed by atoms with E-state index in [4.69, 9.17) is 14.2 Å². The third-order valence-corrected chi connectivity index (χ3v) is 2.72. The Balaban J connectivity index is 1.86. The first-order valence-electron chi connectivity index (χ1n) is 6.00. The van der Waals surface area contributed by atoms with Gasteiger partial charge in [-0.05, 0) is 45.5 Å². The number of hydrogen-bond acceptors (Lipinski definition) is 4. The minimum absolute atomic E-state index is 0.212. The molecule has 0 amide bonds. The lowest BCUT2D eigenvalue weighted by molar-refractivity contribution is 0.173. The van der Waals surface area contributed by atoms with Crippen LogP contribution < -0.4 is 19.5 Å². The largest absolute Gasteiger partial charge is 0.491 e. The van der Waals surface area contributed by atoms with Crippen LogP contribution >= 0.6 is 0 Å². The maximum absolute atomic E-state index is 5.82. The third kappa shape index (κ3) is 3.27. The van der Waals surface area contributed by atoms with Crippen LogP contribution in [0.1, 0.15) is 19.8 Å². The molecule has 4 nitrogen and oxygen atoms in total. The lowest BCUT2D eigenvalue weighted by Crippen LogP contribution is -2.15. The van der Waals surface area contributed by atoms with E-state index in [2.05, 4.69) is 12.2 Å². The second-order valence-corrected chi connectivity index (χ2v) is 4.19. The first kappa shape index (κ1) is 12.0. The molecule has 0 aromatic heterocycles. The van der Waals surface area contributed by atoms with Crippen molar-refractivity contribution in [3.63, 3.8) is 0 Å². The Hall–Kier alpha value is -1.42. The van der Waals surface area contributed by atoms with Crippen LogP contribution in [-0.4, -0.2) is 26.5 Å². The SMILES string of the molecule is CNCCCC(C)Oc1ccc2c(c1)OCO2. The van der Waals surface area contributed by atoms with Crippen molar-refractivity contribution in [2.75, 3.05) is 20.4 Å². The fraction of sp³-hybridized carbons (Fsp3) is 0.538. The zero-order valence-corrected chi connectivity index (χ0v) is 10.4. The first-order chi connectivity index (χ1) is 8.29. The summed E-state index contributed by atoms with van der Waals surface area (Å²) in [5.74, 6) is 2.40. The molecule has 1 aliphatic rings. The lowest BCUT2D eigenvalue weighted by atomic mass is 10.2. The Bertz CT molecular complexity index is 368. The van der Waals surface area contributed by atoms with Crippen molar-refractivity contribution < 1.29 is 14.2 Å². The van der Waals surface area contributed by atoms with Gasteiger partial charge in [-0.2, -0.15) is 0 Å². The van der Waals surface area contributed by atoms with E-state index in [1.165, 1.54) is 0 Å². The number of benzene rings is 1. The molecule has 1 N–H and O–H groups in total. The van der Waals surface area contributed by atoms with Gasteiger partial charge in [0.25, 0.3) is 0 Å². The van der Waals surface area contributed by atoms with Crippen LogP contribution in [0.4, 0.5) is 0 Å². The zero-order valence-electron chi connectivity index (χ0n) is 10.4. The quantitative estimate of drug-likeness (QED) is 0.770. The summed E-state index contributed by atoms with van der Waals surface area (Å²) in [6, 6.07) is 5.69. The van der Waals surface area contributed by atoms with Crippen LogP contribution in [0.25, 0.3) is 0 Å². The monoisotopic (exact) mass is 237 g/mol. The first-order valence-corrected chi connectivity index (χ1v) is 6.00. The minimum atomic E-state index is 0.212. The Kier molecular flexibility index (Phi) is 4.09. The third-order valence-electron chi connectivity index (χ3n) is 2.72. The molecule has 0 radical (unpaired) electrons. The van der Waals surface area contributed by atoms with Gasteiger partial charge in [-0.3, -0.25) is 0 Å². The molecule has 94 valence electrons. The van der Waals surface area contributed by atoms with Crippen LogP contribution in [0.15, 0.2) is 18.2 Å². The van der Waals surface area contributed by atoms with Crippen molar-refractivity contribution in [2.24, 2.45) is 0 Å². The van der Waals surface area contributed by atoms with Crippen molar-refractivity contribution in [1.29, 1.82) is 0 Å². The summed E-state index contributed by atoms with van der Waals surface area (Å²) in [5.41, 5.74) is 0. The summed E-state index contributed by atoms with van der Waals surface area (Å²) in [4.78, 5) is 0. The number of rotatable bonds is 6. The Morgan fingerprint density at radius 2 is 2.18 bits per heavy atom. The van der Waals surface area contributed by atoms with Crippen molar-refractivity contribution in [3.05, 3.63) is 18.2 Å². The molecule has 0 fully saturated rings. The second kappa shape index (κ2) is 5.77. The van der Waals surface area contributed by atoms with E-state index in [0.717, 1.165) is 36.6 Å². The van der Waals surface area contributed by atoms with Crippen molar-refractivity contribution in [2.45, 2.75) is 25.9 Å². The van der Waals surface area contributed by atoms with Crippen LogP contribution in [0, 0.1) is 0 Å². The van der Waals surface area contributed by atoms with E-state index < -0.39 is 0 Å². The predicted octanol–water partition coefficient (Wildman–Crippen LogP) is 2.18. The van der Waals surface area contributed by atoms with Gasteiger partial charge in [0.15, 0.2) is 11.5 Å². The van der Waals surface area contributed by atoms with Crippen LogP contribution in [0.2, 0.25) is 0 Å². The minimum Gasteiger partial charge on any atom is -0.491 e. The van der Waals surface area contributed by atoms with Gasteiger partial charge in [-0.25, -0.2) is 0 Å². The highest BCUT2D eigenvalue weighted by atomic mass is 16.7. The van der Waals surface area contributed by atoms with Crippen LogP contribution in [0.3, 0.4) is 0 Å². The van der Waals surface area contributed by atoms with E-state index in [9.17, 15) is 0 Å². The smallest absolute Gasteiger partial charge is 0.231 e. The zero-order chi connectivity index (χ0) is 12.1. The standard InChI is InChI=1S/C13H19NO3/c1-10(4-3-7-14-2)17-11-5-6-12-13(8-11)16-9-15-12/h5-6,8,10,14H,3-4,7,9H2,1-2H3. The van der Waals surface area contributed by atoms with Gasteiger partial charge >= 0.3 is 0 Å². The van der Waals surface area contributed by atoms with E-state index in [1.54, 1.807) is 0 Å². The van der Waals surface area contributed by atoms with E-state index in [0.29, 0.717) is 6.79 Å². The molecule has 0 saturated carbocycles. The van der Waals surface area contributed by atoms with Gasteiger partial charge in [0.2, 0.25) is 6.79 Å². The second-order valence-electron chi connectivity index (χ2n) is 4.19. The topological polar surface area (TPSA) is 39.7 Å². The highest BCUT2D eigenvalue weighted by Gasteiger charge is 2.14. The number of ether oxygens (including phenoxy) is 3. The molecular weight excluding hydrogens is 218 g/mol. The van der Waals surface area contributed by atoms with E-state index in [-0.39, 0.29) is 6.10 Å². The lowest BCUT2D eigenvalue weighted by Gasteiger charge is -2.14. The summed E-state index contributed by atoms with van der Waals surface area (Å²) in [6.07, 6.45) is 2.36. The fourth-order valence-corrected chi connectivity index (χ4v) is 1.81. The molecule has 0 bridgehead atoms. The molecule has 0 spiro atoms. The normalized spacial score (nSPS) is 14.7. The maximum atomic E-state index is 5.82. The summed E-state index contributed by atoms with van der Waals surface area (Å²) in [6.45, 7) is 3.41. The number of hydrogen-bond donors (Lipinski definition) is 1. The van der Waals surface area contributed by atoms with Crippen molar-refractivity contribution in [1.82, 2.24) is 5.32 Å². The molecule has 1 heterocycles. The number of fused-ring (bicyclic) bond motifs is 1. The molecule has 1 aromatic carbocycles. The average molecular weight is 237 g/mol. The maximum Gasteiger partial charge on any atom is 0.231 e. The molecule has 4 heteroatoms. The van der Waals surface area contributed by atoms with Gasteiger partial charge in [-0.15, -0.1) is 0 Å². The van der Waals surface area contributed by atoms with Crippen molar-refractivity contribution in [3.8, 4) is 17.2 Å². The highest BCUT2D eigenvalue weighted by Crippen LogP contribution is 2.35. The average Bonchev–Trinajstić information content (AvgIpc) is 2.76. The van der Waals surface area contributed by atoms with Crippen molar-refractivity contribution >= 4 is 0 Å². The molecule has 1 aliphatic heterocycles. The van der Waals surface area contributed by atoms with E-state index >= 15 is 0 Å². The summed E-state index contributed by atoms with van der Waals surface area (Å²) < 4.78 is 16.4. The summed E-state index contributed by atoms with van der Waals surface area (Å²) >= 11 is 0. The number of nitrogens with one attached hydrogen (secondary N) is 1. The van der Waals surface area contributed by atoms with Gasteiger partial charge in [0.1, 0.15) is 5.75 Å². The molecule has 1 atom stereocenters. The molecule has 17 heavy (non-hydrogen) atoms. The van der Waals surface area contributed by atoms with Gasteiger partial charge in [0.05, 0.1) is 6.10 Å². The van der Waals surface area contributed by atoms with E-state index in [1.807, 2.05) is 25.2 Å². The highest BCUT2D eigenvalue weighted by molar-refractivity contribution is 5.46. The molecular formula is C13H19NO3. The van der Waals surface area contributed by atoms with Gasteiger partial charge < -0.3 is 19.5 Å². The summed E-state index contributed by atoms with van der Waals surface area (Å²) in [7, 11) is 1.96. The molecule has 1 aromatic rings. The predicted molar refractivity (Wildman–Crippen MR) is 65.8 cm³/mol. The molecule has 0 aliphatic carbocycles. The Labute approximate surface area is 102 Å². The molecule has 1 unspecified atom stereocenters. The molecule has 0 saturated heterocycles.